The van der Waals surface area contributed by atoms with E-state index in [0.717, 1.165) is 23.6 Å². The molecule has 1 aliphatic carbocycles. The van der Waals surface area contributed by atoms with E-state index in [1.165, 1.54) is 56.6 Å². The molecule has 1 saturated carbocycles. The number of hydrogen-bond donors (Lipinski definition) is 0. The van der Waals surface area contributed by atoms with Gasteiger partial charge in [-0.3, -0.25) is 0 Å². The second-order valence-electron chi connectivity index (χ2n) is 7.67. The maximum atomic E-state index is 14.4. The van der Waals surface area contributed by atoms with Crippen molar-refractivity contribution in [2.75, 3.05) is 0 Å². The molecule has 1 fully saturated rings. The van der Waals surface area contributed by atoms with Gasteiger partial charge in [0, 0.05) is 17.0 Å². The molecule has 0 spiro atoms. The van der Waals surface area contributed by atoms with Crippen molar-refractivity contribution in [2.45, 2.75) is 58.3 Å². The van der Waals surface area contributed by atoms with Crippen LogP contribution in [0.3, 0.4) is 0 Å². The molecule has 26 heavy (non-hydrogen) atoms. The largest absolute Gasteiger partial charge is 0.271 e. The standard InChI is InChI=1S/C23H27F3/c1-2-3-16-4-6-17(7-5-16)8-9-18-10-13-21-19(14-18)11-12-20(23(21)26)15-22(24)25/h10-17H,2-9H2,1H3. The third-order valence-corrected chi connectivity index (χ3v) is 5.82. The first-order valence-corrected chi connectivity index (χ1v) is 9.80. The summed E-state index contributed by atoms with van der Waals surface area (Å²) in [5, 5.41) is 1.19. The molecule has 0 amide bonds. The molecule has 0 unspecified atom stereocenters. The fourth-order valence-corrected chi connectivity index (χ4v) is 4.33. The Morgan fingerprint density at radius 1 is 1.00 bits per heavy atom. The summed E-state index contributed by atoms with van der Waals surface area (Å²) in [5.74, 6) is 1.16. The van der Waals surface area contributed by atoms with Crippen LogP contribution in [0.2, 0.25) is 0 Å². The Morgan fingerprint density at radius 3 is 2.35 bits per heavy atom. The van der Waals surface area contributed by atoms with Gasteiger partial charge in [-0.1, -0.05) is 75.8 Å². The van der Waals surface area contributed by atoms with Crippen molar-refractivity contribution >= 4 is 16.8 Å². The lowest BCUT2D eigenvalue weighted by atomic mass is 9.78. The Hall–Kier alpha value is -1.77. The van der Waals surface area contributed by atoms with Gasteiger partial charge >= 0.3 is 0 Å². The molecular formula is C23H27F3. The van der Waals surface area contributed by atoms with Crippen LogP contribution in [0.25, 0.3) is 16.8 Å². The summed E-state index contributed by atoms with van der Waals surface area (Å²) in [6, 6.07) is 8.82. The summed E-state index contributed by atoms with van der Waals surface area (Å²) in [4.78, 5) is 0. The van der Waals surface area contributed by atoms with Crippen LogP contribution in [0.1, 0.15) is 63.0 Å². The molecule has 0 aromatic heterocycles. The summed E-state index contributed by atoms with van der Waals surface area (Å²) in [7, 11) is 0. The lowest BCUT2D eigenvalue weighted by Crippen LogP contribution is -2.15. The van der Waals surface area contributed by atoms with E-state index in [4.69, 9.17) is 0 Å². The molecule has 0 bridgehead atoms. The van der Waals surface area contributed by atoms with Crippen LogP contribution >= 0.6 is 0 Å². The lowest BCUT2D eigenvalue weighted by Gasteiger charge is -2.28. The van der Waals surface area contributed by atoms with E-state index >= 15 is 0 Å². The van der Waals surface area contributed by atoms with Gasteiger partial charge in [-0.2, -0.15) is 8.78 Å². The fraction of sp³-hybridized carbons (Fsp3) is 0.478. The molecule has 0 radical (unpaired) electrons. The van der Waals surface area contributed by atoms with Gasteiger partial charge < -0.3 is 0 Å². The Morgan fingerprint density at radius 2 is 1.69 bits per heavy atom. The lowest BCUT2D eigenvalue weighted by molar-refractivity contribution is 0.252. The minimum Gasteiger partial charge on any atom is -0.206 e. The molecule has 140 valence electrons. The minimum atomic E-state index is -1.88. The number of benzene rings is 2. The SMILES string of the molecule is CCCC1CCC(CCc2ccc3c(F)c(C=C(F)F)ccc3c2)CC1. The summed E-state index contributed by atoms with van der Waals surface area (Å²) >= 11 is 0. The van der Waals surface area contributed by atoms with Crippen LogP contribution in [0.15, 0.2) is 36.4 Å². The van der Waals surface area contributed by atoms with Crippen LogP contribution in [-0.2, 0) is 6.42 Å². The summed E-state index contributed by atoms with van der Waals surface area (Å²) in [6.07, 6.45) is 8.93. The Labute approximate surface area is 154 Å². The zero-order valence-electron chi connectivity index (χ0n) is 15.4. The van der Waals surface area contributed by atoms with E-state index in [1.807, 2.05) is 12.1 Å². The quantitative estimate of drug-likeness (QED) is 0.494. The van der Waals surface area contributed by atoms with Crippen LogP contribution in [0.5, 0.6) is 0 Å². The third-order valence-electron chi connectivity index (χ3n) is 5.82. The Bertz CT molecular complexity index is 766. The fourth-order valence-electron chi connectivity index (χ4n) is 4.33. The highest BCUT2D eigenvalue weighted by Crippen LogP contribution is 2.34. The van der Waals surface area contributed by atoms with Gasteiger partial charge in [0.2, 0.25) is 0 Å². The summed E-state index contributed by atoms with van der Waals surface area (Å²) in [6.45, 7) is 2.27. The van der Waals surface area contributed by atoms with Crippen molar-refractivity contribution in [1.82, 2.24) is 0 Å². The molecule has 2 aromatic rings. The molecule has 3 heteroatoms. The molecule has 2 aromatic carbocycles. The molecule has 0 saturated heterocycles. The van der Waals surface area contributed by atoms with Gasteiger partial charge in [0.05, 0.1) is 0 Å². The first kappa shape index (κ1) is 19.0. The first-order chi connectivity index (χ1) is 12.6. The second-order valence-corrected chi connectivity index (χ2v) is 7.67. The van der Waals surface area contributed by atoms with Crippen molar-refractivity contribution < 1.29 is 13.2 Å². The molecule has 0 nitrogen and oxygen atoms in total. The van der Waals surface area contributed by atoms with E-state index < -0.39 is 11.9 Å². The van der Waals surface area contributed by atoms with E-state index in [2.05, 4.69) is 6.92 Å². The number of fused-ring (bicyclic) bond motifs is 1. The highest BCUT2D eigenvalue weighted by molar-refractivity contribution is 5.86. The maximum absolute atomic E-state index is 14.4. The van der Waals surface area contributed by atoms with Crippen molar-refractivity contribution in [1.29, 1.82) is 0 Å². The first-order valence-electron chi connectivity index (χ1n) is 9.80. The van der Waals surface area contributed by atoms with Crippen LogP contribution in [0, 0.1) is 17.7 Å². The van der Waals surface area contributed by atoms with Gasteiger partial charge in [-0.15, -0.1) is 0 Å². The number of halogens is 3. The predicted molar refractivity (Wildman–Crippen MR) is 103 cm³/mol. The Kier molecular flexibility index (Phi) is 6.39. The average molecular weight is 360 g/mol. The average Bonchev–Trinajstić information content (AvgIpc) is 2.63. The van der Waals surface area contributed by atoms with Crippen LogP contribution < -0.4 is 0 Å². The molecular weight excluding hydrogens is 333 g/mol. The third kappa shape index (κ3) is 4.69. The zero-order valence-corrected chi connectivity index (χ0v) is 15.4. The second kappa shape index (κ2) is 8.75. The highest BCUT2D eigenvalue weighted by Gasteiger charge is 2.20. The molecule has 3 rings (SSSR count). The molecule has 0 N–H and O–H groups in total. The zero-order chi connectivity index (χ0) is 18.5. The summed E-state index contributed by atoms with van der Waals surface area (Å²) in [5.41, 5.74) is 1.14. The van der Waals surface area contributed by atoms with Crippen LogP contribution in [0.4, 0.5) is 13.2 Å². The Balaban J connectivity index is 1.64. The van der Waals surface area contributed by atoms with Gasteiger partial charge in [-0.25, -0.2) is 4.39 Å². The number of aryl methyl sites for hydroxylation is 1. The predicted octanol–water partition coefficient (Wildman–Crippen LogP) is 7.76. The topological polar surface area (TPSA) is 0 Å². The monoisotopic (exact) mass is 360 g/mol. The van der Waals surface area contributed by atoms with E-state index in [9.17, 15) is 13.2 Å². The normalized spacial score (nSPS) is 20.3. The number of rotatable bonds is 6. The van der Waals surface area contributed by atoms with Crippen molar-refractivity contribution in [2.24, 2.45) is 11.8 Å². The summed E-state index contributed by atoms with van der Waals surface area (Å²) < 4.78 is 39.2. The molecule has 1 aliphatic rings. The molecule has 0 atom stereocenters. The van der Waals surface area contributed by atoms with Gasteiger partial charge in [0.15, 0.2) is 0 Å². The van der Waals surface area contributed by atoms with E-state index in [0.29, 0.717) is 11.5 Å². The molecule has 0 aliphatic heterocycles. The van der Waals surface area contributed by atoms with Gasteiger partial charge in [0.1, 0.15) is 5.82 Å². The van der Waals surface area contributed by atoms with Crippen molar-refractivity contribution in [3.8, 4) is 0 Å². The molecule has 0 heterocycles. The van der Waals surface area contributed by atoms with Crippen molar-refractivity contribution in [3.05, 3.63) is 53.4 Å². The van der Waals surface area contributed by atoms with Gasteiger partial charge in [-0.05, 0) is 35.6 Å². The van der Waals surface area contributed by atoms with Crippen molar-refractivity contribution in [3.63, 3.8) is 0 Å². The van der Waals surface area contributed by atoms with E-state index in [1.54, 1.807) is 12.1 Å². The smallest absolute Gasteiger partial charge is 0.206 e. The highest BCUT2D eigenvalue weighted by atomic mass is 19.3. The van der Waals surface area contributed by atoms with Gasteiger partial charge in [0.25, 0.3) is 6.08 Å². The maximum Gasteiger partial charge on any atom is 0.271 e. The van der Waals surface area contributed by atoms with E-state index in [-0.39, 0.29) is 5.56 Å². The minimum absolute atomic E-state index is 0.0610. The number of hydrogen-bond acceptors (Lipinski definition) is 0. The van der Waals surface area contributed by atoms with Crippen LogP contribution in [-0.4, -0.2) is 0 Å².